The first-order valence-corrected chi connectivity index (χ1v) is 7.50. The van der Waals surface area contributed by atoms with Gasteiger partial charge in [0.1, 0.15) is 0 Å². The maximum absolute atomic E-state index is 12.4. The van der Waals surface area contributed by atoms with Crippen molar-refractivity contribution in [3.63, 3.8) is 0 Å². The van der Waals surface area contributed by atoms with Crippen molar-refractivity contribution < 1.29 is 31.5 Å². The number of hydrogen-bond acceptors (Lipinski definition) is 4. The number of hydrogen-bond donors (Lipinski definition) is 1. The van der Waals surface area contributed by atoms with Crippen molar-refractivity contribution in [2.75, 3.05) is 18.0 Å². The van der Waals surface area contributed by atoms with E-state index in [2.05, 4.69) is 0 Å². The Morgan fingerprint density at radius 3 is 2.24 bits per heavy atom. The van der Waals surface area contributed by atoms with Crippen LogP contribution in [-0.4, -0.2) is 38.1 Å². The third-order valence-corrected chi connectivity index (χ3v) is 4.86. The van der Waals surface area contributed by atoms with E-state index < -0.39 is 32.1 Å². The molecule has 1 aliphatic rings. The fourth-order valence-electron chi connectivity index (χ4n) is 2.17. The molecule has 0 bridgehead atoms. The maximum atomic E-state index is 12.4. The lowest BCUT2D eigenvalue weighted by Crippen LogP contribution is -2.24. The fraction of sp³-hybridized carbons (Fsp3) is 0.417. The second-order valence-corrected chi connectivity index (χ2v) is 6.65. The van der Waals surface area contributed by atoms with E-state index in [1.165, 1.54) is 12.1 Å². The molecule has 0 saturated carbocycles. The molecular formula is C12H12F3NO4S. The Morgan fingerprint density at radius 1 is 1.24 bits per heavy atom. The zero-order valence-electron chi connectivity index (χ0n) is 10.7. The Balaban J connectivity index is 2.19. The highest BCUT2D eigenvalue weighted by molar-refractivity contribution is 7.92. The largest absolute Gasteiger partial charge is 0.501 e. The van der Waals surface area contributed by atoms with Crippen molar-refractivity contribution in [1.82, 2.24) is 0 Å². The highest BCUT2D eigenvalue weighted by Gasteiger charge is 2.46. The van der Waals surface area contributed by atoms with Gasteiger partial charge in [-0.3, -0.25) is 4.79 Å². The van der Waals surface area contributed by atoms with Crippen LogP contribution in [0.15, 0.2) is 29.2 Å². The minimum atomic E-state index is -5.35. The van der Waals surface area contributed by atoms with Gasteiger partial charge in [-0.2, -0.15) is 13.2 Å². The molecule has 1 aromatic carbocycles. The zero-order valence-corrected chi connectivity index (χ0v) is 11.5. The number of anilines is 1. The predicted molar refractivity (Wildman–Crippen MR) is 67.6 cm³/mol. The van der Waals surface area contributed by atoms with Crippen molar-refractivity contribution in [1.29, 1.82) is 0 Å². The van der Waals surface area contributed by atoms with Gasteiger partial charge in [0.2, 0.25) is 0 Å². The monoisotopic (exact) mass is 323 g/mol. The minimum Gasteiger partial charge on any atom is -0.481 e. The Hall–Kier alpha value is -1.77. The highest BCUT2D eigenvalue weighted by Crippen LogP contribution is 2.32. The Morgan fingerprint density at radius 2 is 1.81 bits per heavy atom. The number of carboxylic acids is 1. The van der Waals surface area contributed by atoms with Crippen molar-refractivity contribution >= 4 is 21.5 Å². The lowest BCUT2D eigenvalue weighted by molar-refractivity contribution is -0.140. The summed E-state index contributed by atoms with van der Waals surface area (Å²) < 4.78 is 59.6. The molecule has 1 N–H and O–H groups in total. The molecule has 21 heavy (non-hydrogen) atoms. The summed E-state index contributed by atoms with van der Waals surface area (Å²) in [6.07, 6.45) is 0.442. The van der Waals surface area contributed by atoms with E-state index in [1.807, 2.05) is 0 Å². The number of sulfone groups is 1. The molecule has 116 valence electrons. The molecule has 1 unspecified atom stereocenters. The van der Waals surface area contributed by atoms with Gasteiger partial charge in [-0.25, -0.2) is 8.42 Å². The summed E-state index contributed by atoms with van der Waals surface area (Å²) in [6.45, 7) is 0.711. The van der Waals surface area contributed by atoms with Gasteiger partial charge >= 0.3 is 11.5 Å². The molecule has 1 saturated heterocycles. The maximum Gasteiger partial charge on any atom is 0.501 e. The van der Waals surface area contributed by atoms with Crippen LogP contribution in [0.1, 0.15) is 6.42 Å². The van der Waals surface area contributed by atoms with Crippen LogP contribution in [0.3, 0.4) is 0 Å². The van der Waals surface area contributed by atoms with Crippen LogP contribution < -0.4 is 4.90 Å². The topological polar surface area (TPSA) is 74.7 Å². The SMILES string of the molecule is O=C(O)C1CCN(c2ccc(S(=O)(=O)C(F)(F)F)cc2)C1. The van der Waals surface area contributed by atoms with Crippen LogP contribution in [0.4, 0.5) is 18.9 Å². The molecule has 1 aromatic rings. The van der Waals surface area contributed by atoms with Crippen molar-refractivity contribution in [2.24, 2.45) is 5.92 Å². The van der Waals surface area contributed by atoms with Gasteiger partial charge in [-0.15, -0.1) is 0 Å². The minimum absolute atomic E-state index is 0.251. The van der Waals surface area contributed by atoms with E-state index >= 15 is 0 Å². The molecule has 1 heterocycles. The van der Waals surface area contributed by atoms with Gasteiger partial charge < -0.3 is 10.0 Å². The van der Waals surface area contributed by atoms with Crippen LogP contribution in [0.5, 0.6) is 0 Å². The summed E-state index contributed by atoms with van der Waals surface area (Å²) in [5, 5.41) is 8.89. The van der Waals surface area contributed by atoms with Crippen molar-refractivity contribution in [2.45, 2.75) is 16.8 Å². The van der Waals surface area contributed by atoms with Crippen LogP contribution in [0, 0.1) is 5.92 Å². The standard InChI is InChI=1S/C12H12F3NO4S/c13-12(14,15)21(19,20)10-3-1-9(2-4-10)16-6-5-8(7-16)11(17)18/h1-4,8H,5-7H2,(H,17,18). The van der Waals surface area contributed by atoms with E-state index in [0.717, 1.165) is 12.1 Å². The fourth-order valence-corrected chi connectivity index (χ4v) is 2.93. The number of aliphatic carboxylic acids is 1. The normalized spacial score (nSPS) is 19.8. The molecular weight excluding hydrogens is 311 g/mol. The van der Waals surface area contributed by atoms with Gasteiger partial charge in [0.25, 0.3) is 9.84 Å². The Kier molecular flexibility index (Phi) is 3.87. The second kappa shape index (κ2) is 5.21. The number of carboxylic acid groups (broad SMARTS) is 1. The van der Waals surface area contributed by atoms with E-state index in [-0.39, 0.29) is 6.54 Å². The summed E-state index contributed by atoms with van der Waals surface area (Å²) >= 11 is 0. The Labute approximate surface area is 118 Å². The number of rotatable bonds is 3. The van der Waals surface area contributed by atoms with Crippen LogP contribution in [-0.2, 0) is 14.6 Å². The van der Waals surface area contributed by atoms with Gasteiger partial charge in [0.05, 0.1) is 10.8 Å². The molecule has 1 fully saturated rings. The van der Waals surface area contributed by atoms with Gasteiger partial charge in [-0.1, -0.05) is 0 Å². The summed E-state index contributed by atoms with van der Waals surface area (Å²) in [5.74, 6) is -1.45. The summed E-state index contributed by atoms with van der Waals surface area (Å²) in [6, 6.07) is 4.27. The molecule has 5 nitrogen and oxygen atoms in total. The number of nitrogens with zero attached hydrogens (tertiary/aromatic N) is 1. The lowest BCUT2D eigenvalue weighted by Gasteiger charge is -2.18. The van der Waals surface area contributed by atoms with Gasteiger partial charge in [-0.05, 0) is 30.7 Å². The first-order chi connectivity index (χ1) is 9.63. The van der Waals surface area contributed by atoms with Crippen LogP contribution in [0.25, 0.3) is 0 Å². The molecule has 0 aliphatic carbocycles. The molecule has 0 radical (unpaired) electrons. The molecule has 0 aromatic heterocycles. The average molecular weight is 323 g/mol. The van der Waals surface area contributed by atoms with Crippen LogP contribution in [0.2, 0.25) is 0 Å². The molecule has 9 heteroatoms. The number of halogens is 3. The third kappa shape index (κ3) is 2.97. The summed E-state index contributed by atoms with van der Waals surface area (Å²) in [7, 11) is -5.35. The quantitative estimate of drug-likeness (QED) is 0.919. The van der Waals surface area contributed by atoms with Gasteiger partial charge in [0, 0.05) is 18.8 Å². The highest BCUT2D eigenvalue weighted by atomic mass is 32.2. The molecule has 0 amide bonds. The molecule has 1 aliphatic heterocycles. The van der Waals surface area contributed by atoms with E-state index in [0.29, 0.717) is 18.7 Å². The van der Waals surface area contributed by atoms with E-state index in [9.17, 15) is 26.4 Å². The Bertz CT molecular complexity index is 639. The predicted octanol–water partition coefficient (Wildman–Crippen LogP) is 1.89. The zero-order chi connectivity index (χ0) is 15.8. The van der Waals surface area contributed by atoms with E-state index in [4.69, 9.17) is 5.11 Å². The van der Waals surface area contributed by atoms with Crippen molar-refractivity contribution in [3.05, 3.63) is 24.3 Å². The second-order valence-electron chi connectivity index (χ2n) is 4.71. The summed E-state index contributed by atoms with van der Waals surface area (Å²) in [4.78, 5) is 11.7. The van der Waals surface area contributed by atoms with Crippen LogP contribution >= 0.6 is 0 Å². The number of carbonyl (C=O) groups is 1. The van der Waals surface area contributed by atoms with Gasteiger partial charge in [0.15, 0.2) is 0 Å². The lowest BCUT2D eigenvalue weighted by atomic mass is 10.1. The first kappa shape index (κ1) is 15.6. The first-order valence-electron chi connectivity index (χ1n) is 6.02. The third-order valence-electron chi connectivity index (χ3n) is 3.35. The summed E-state index contributed by atoms with van der Waals surface area (Å²) in [5.41, 5.74) is -4.84. The number of alkyl halides is 3. The molecule has 0 spiro atoms. The average Bonchev–Trinajstić information content (AvgIpc) is 2.87. The molecule has 2 rings (SSSR count). The number of benzene rings is 1. The van der Waals surface area contributed by atoms with E-state index in [1.54, 1.807) is 4.90 Å². The van der Waals surface area contributed by atoms with Crippen molar-refractivity contribution in [3.8, 4) is 0 Å². The smallest absolute Gasteiger partial charge is 0.481 e. The molecule has 1 atom stereocenters.